The van der Waals surface area contributed by atoms with E-state index in [-0.39, 0.29) is 10.6 Å². The number of carboxylic acid groups (broad SMARTS) is 1. The van der Waals surface area contributed by atoms with Gasteiger partial charge in [0.1, 0.15) is 5.82 Å². The Kier molecular flexibility index (Phi) is 4.80. The largest absolute Gasteiger partial charge is 0.478 e. The lowest BCUT2D eigenvalue weighted by atomic mass is 9.97. The topological polar surface area (TPSA) is 62.2 Å². The van der Waals surface area contributed by atoms with Crippen molar-refractivity contribution < 1.29 is 9.90 Å². The number of aromatic nitrogens is 1. The molecule has 4 nitrogen and oxygen atoms in total. The van der Waals surface area contributed by atoms with Gasteiger partial charge in [0.05, 0.1) is 10.6 Å². The van der Waals surface area contributed by atoms with Crippen molar-refractivity contribution >= 4 is 23.4 Å². The standard InChI is InChI=1S/C14H17ClN2O2/c15-12-11(14(18)19)7-9-17-13(12)16-8-6-10-4-2-1-3-5-10/h4,7,9H,1-3,5-6,8H2,(H,16,17)(H,18,19). The fraction of sp³-hybridized carbons (Fsp3) is 0.429. The van der Waals surface area contributed by atoms with Crippen LogP contribution in [0.25, 0.3) is 0 Å². The molecule has 1 aliphatic carbocycles. The van der Waals surface area contributed by atoms with Gasteiger partial charge in [-0.15, -0.1) is 0 Å². The third-order valence-electron chi connectivity index (χ3n) is 3.24. The monoisotopic (exact) mass is 280 g/mol. The number of nitrogens with one attached hydrogen (secondary N) is 1. The minimum absolute atomic E-state index is 0.0797. The summed E-state index contributed by atoms with van der Waals surface area (Å²) in [6.07, 6.45) is 9.59. The van der Waals surface area contributed by atoms with Crippen molar-refractivity contribution in [1.82, 2.24) is 4.98 Å². The van der Waals surface area contributed by atoms with Crippen molar-refractivity contribution in [1.29, 1.82) is 0 Å². The summed E-state index contributed by atoms with van der Waals surface area (Å²) in [6.45, 7) is 0.724. The highest BCUT2D eigenvalue weighted by atomic mass is 35.5. The number of nitrogens with zero attached hydrogens (tertiary/aromatic N) is 1. The fourth-order valence-electron chi connectivity index (χ4n) is 2.21. The molecule has 102 valence electrons. The van der Waals surface area contributed by atoms with E-state index >= 15 is 0 Å². The zero-order chi connectivity index (χ0) is 13.7. The number of hydrogen-bond donors (Lipinski definition) is 2. The lowest BCUT2D eigenvalue weighted by molar-refractivity contribution is 0.0697. The molecule has 0 aromatic carbocycles. The Balaban J connectivity index is 1.94. The van der Waals surface area contributed by atoms with E-state index in [0.29, 0.717) is 5.82 Å². The smallest absolute Gasteiger partial charge is 0.337 e. The molecule has 1 aromatic rings. The molecule has 0 fully saturated rings. The van der Waals surface area contributed by atoms with Crippen LogP contribution in [0.15, 0.2) is 23.9 Å². The maximum Gasteiger partial charge on any atom is 0.337 e. The van der Waals surface area contributed by atoms with Gasteiger partial charge in [0.15, 0.2) is 0 Å². The SMILES string of the molecule is O=C(O)c1ccnc(NCCC2=CCCCC2)c1Cl. The van der Waals surface area contributed by atoms with Crippen molar-refractivity contribution in [3.8, 4) is 0 Å². The summed E-state index contributed by atoms with van der Waals surface area (Å²) in [5.74, 6) is -0.594. The summed E-state index contributed by atoms with van der Waals surface area (Å²) in [7, 11) is 0. The van der Waals surface area contributed by atoms with Crippen LogP contribution in [-0.2, 0) is 0 Å². The third kappa shape index (κ3) is 3.70. The number of pyridine rings is 1. The molecular weight excluding hydrogens is 264 g/mol. The molecule has 19 heavy (non-hydrogen) atoms. The Bertz CT molecular complexity index is 500. The van der Waals surface area contributed by atoms with Gasteiger partial charge in [-0.25, -0.2) is 9.78 Å². The lowest BCUT2D eigenvalue weighted by Crippen LogP contribution is -2.08. The van der Waals surface area contributed by atoms with Crippen molar-refractivity contribution in [3.63, 3.8) is 0 Å². The third-order valence-corrected chi connectivity index (χ3v) is 3.63. The molecule has 2 rings (SSSR count). The molecule has 0 atom stereocenters. The van der Waals surface area contributed by atoms with Gasteiger partial charge in [0, 0.05) is 12.7 Å². The number of halogens is 1. The van der Waals surface area contributed by atoms with Crippen LogP contribution in [0.3, 0.4) is 0 Å². The molecule has 5 heteroatoms. The van der Waals surface area contributed by atoms with Gasteiger partial charge in [0.25, 0.3) is 0 Å². The molecule has 1 aromatic heterocycles. The second-order valence-electron chi connectivity index (χ2n) is 4.61. The van der Waals surface area contributed by atoms with Crippen LogP contribution in [0.4, 0.5) is 5.82 Å². The molecule has 0 unspecified atom stereocenters. The van der Waals surface area contributed by atoms with E-state index in [2.05, 4.69) is 16.4 Å². The highest BCUT2D eigenvalue weighted by Crippen LogP contribution is 2.24. The zero-order valence-corrected chi connectivity index (χ0v) is 11.4. The van der Waals surface area contributed by atoms with Crippen molar-refractivity contribution in [2.45, 2.75) is 32.1 Å². The van der Waals surface area contributed by atoms with Gasteiger partial charge in [-0.1, -0.05) is 23.3 Å². The number of anilines is 1. The minimum Gasteiger partial charge on any atom is -0.478 e. The van der Waals surface area contributed by atoms with Crippen LogP contribution in [0, 0.1) is 0 Å². The molecule has 0 radical (unpaired) electrons. The Morgan fingerprint density at radius 2 is 2.32 bits per heavy atom. The minimum atomic E-state index is -1.04. The van der Waals surface area contributed by atoms with Gasteiger partial charge in [0.2, 0.25) is 0 Å². The van der Waals surface area contributed by atoms with Gasteiger partial charge < -0.3 is 10.4 Å². The number of aromatic carboxylic acids is 1. The van der Waals surface area contributed by atoms with E-state index in [4.69, 9.17) is 16.7 Å². The molecule has 0 bridgehead atoms. The Morgan fingerprint density at radius 3 is 3.00 bits per heavy atom. The first kappa shape index (κ1) is 13.9. The summed E-state index contributed by atoms with van der Waals surface area (Å²) < 4.78 is 0. The summed E-state index contributed by atoms with van der Waals surface area (Å²) in [5.41, 5.74) is 1.54. The van der Waals surface area contributed by atoms with Crippen molar-refractivity contribution in [3.05, 3.63) is 34.5 Å². The van der Waals surface area contributed by atoms with E-state index < -0.39 is 5.97 Å². The second-order valence-corrected chi connectivity index (χ2v) is 4.99. The van der Waals surface area contributed by atoms with Crippen LogP contribution < -0.4 is 5.32 Å². The van der Waals surface area contributed by atoms with Crippen molar-refractivity contribution in [2.24, 2.45) is 0 Å². The number of allylic oxidation sites excluding steroid dienone is 1. The Morgan fingerprint density at radius 1 is 1.47 bits per heavy atom. The molecule has 1 heterocycles. The molecule has 0 aliphatic heterocycles. The molecule has 2 N–H and O–H groups in total. The quantitative estimate of drug-likeness (QED) is 0.807. The van der Waals surface area contributed by atoms with E-state index in [1.165, 1.54) is 37.1 Å². The zero-order valence-electron chi connectivity index (χ0n) is 10.7. The van der Waals surface area contributed by atoms with Crippen LogP contribution in [-0.4, -0.2) is 22.6 Å². The van der Waals surface area contributed by atoms with Gasteiger partial charge in [-0.2, -0.15) is 0 Å². The van der Waals surface area contributed by atoms with Crippen LogP contribution in [0.1, 0.15) is 42.5 Å². The summed E-state index contributed by atoms with van der Waals surface area (Å²) in [6, 6.07) is 1.40. The lowest BCUT2D eigenvalue weighted by Gasteiger charge is -2.13. The highest BCUT2D eigenvalue weighted by molar-refractivity contribution is 6.35. The normalized spacial score (nSPS) is 14.9. The molecule has 0 saturated carbocycles. The predicted octanol–water partition coefficient (Wildman–Crippen LogP) is 3.74. The first-order valence-corrected chi connectivity index (χ1v) is 6.86. The maximum atomic E-state index is 10.9. The Hall–Kier alpha value is -1.55. The molecule has 0 amide bonds. The number of carbonyl (C=O) groups is 1. The van der Waals surface area contributed by atoms with Crippen molar-refractivity contribution in [2.75, 3.05) is 11.9 Å². The van der Waals surface area contributed by atoms with Gasteiger partial charge in [-0.05, 0) is 38.2 Å². The van der Waals surface area contributed by atoms with E-state index in [9.17, 15) is 4.79 Å². The molecular formula is C14H17ClN2O2. The number of rotatable bonds is 5. The average molecular weight is 281 g/mol. The number of carboxylic acids is 1. The number of hydrogen-bond acceptors (Lipinski definition) is 3. The summed E-state index contributed by atoms with van der Waals surface area (Å²) >= 11 is 6.00. The van der Waals surface area contributed by atoms with E-state index in [1.54, 1.807) is 0 Å². The van der Waals surface area contributed by atoms with Crippen LogP contribution in [0.2, 0.25) is 5.02 Å². The average Bonchev–Trinajstić information content (AvgIpc) is 2.41. The Labute approximate surface area is 117 Å². The first-order chi connectivity index (χ1) is 9.18. The fourth-order valence-corrected chi connectivity index (χ4v) is 2.46. The first-order valence-electron chi connectivity index (χ1n) is 6.48. The van der Waals surface area contributed by atoms with E-state index in [0.717, 1.165) is 19.4 Å². The predicted molar refractivity (Wildman–Crippen MR) is 75.9 cm³/mol. The molecule has 0 spiro atoms. The van der Waals surface area contributed by atoms with Gasteiger partial charge in [-0.3, -0.25) is 0 Å². The highest BCUT2D eigenvalue weighted by Gasteiger charge is 2.13. The van der Waals surface area contributed by atoms with Crippen LogP contribution in [0.5, 0.6) is 0 Å². The van der Waals surface area contributed by atoms with Gasteiger partial charge >= 0.3 is 5.97 Å². The summed E-state index contributed by atoms with van der Waals surface area (Å²) in [5, 5.41) is 12.3. The van der Waals surface area contributed by atoms with Crippen LogP contribution >= 0.6 is 11.6 Å². The molecule has 1 aliphatic rings. The maximum absolute atomic E-state index is 10.9. The second kappa shape index (κ2) is 6.57. The molecule has 0 saturated heterocycles. The van der Waals surface area contributed by atoms with E-state index in [1.807, 2.05) is 0 Å². The summed E-state index contributed by atoms with van der Waals surface area (Å²) in [4.78, 5) is 15.0.